The molecule has 0 saturated carbocycles. The minimum absolute atomic E-state index is 0.0244. The Morgan fingerprint density at radius 1 is 1.03 bits per heavy atom. The molecule has 1 fully saturated rings. The molecule has 2 N–H and O–H groups in total. The zero-order valence-corrected chi connectivity index (χ0v) is 18.7. The smallest absolute Gasteiger partial charge is 0.248 e. The van der Waals surface area contributed by atoms with Crippen molar-refractivity contribution in [2.24, 2.45) is 7.05 Å². The minimum atomic E-state index is 0.0244. The number of aromatic nitrogens is 5. The molecule has 5 rings (SSSR count). The van der Waals surface area contributed by atoms with Gasteiger partial charge in [-0.3, -0.25) is 9.48 Å². The number of pyridine rings is 2. The van der Waals surface area contributed by atoms with E-state index in [9.17, 15) is 4.79 Å². The molecule has 4 aromatic rings. The van der Waals surface area contributed by atoms with Crippen LogP contribution in [0.2, 0.25) is 0 Å². The lowest BCUT2D eigenvalue weighted by molar-refractivity contribution is -0.135. The Labute approximate surface area is 191 Å². The number of piperazine rings is 1. The molecule has 1 aliphatic heterocycles. The molecule has 1 saturated heterocycles. The SMILES string of the molecule is COCC(=O)N1CCN(c2ccc(-c3cc(-c4cnn(C)c4)cn4ncc(N)c34)cn2)CC1. The van der Waals surface area contributed by atoms with Crippen LogP contribution in [0.15, 0.2) is 49.2 Å². The van der Waals surface area contributed by atoms with Crippen molar-refractivity contribution in [2.45, 2.75) is 0 Å². The van der Waals surface area contributed by atoms with E-state index in [0.717, 1.165) is 46.7 Å². The summed E-state index contributed by atoms with van der Waals surface area (Å²) < 4.78 is 8.53. The largest absolute Gasteiger partial charge is 0.396 e. The molecule has 10 heteroatoms. The van der Waals surface area contributed by atoms with Crippen LogP contribution in [0.1, 0.15) is 0 Å². The molecule has 0 aliphatic carbocycles. The van der Waals surface area contributed by atoms with Crippen LogP contribution in [0.4, 0.5) is 11.5 Å². The zero-order chi connectivity index (χ0) is 22.9. The highest BCUT2D eigenvalue weighted by molar-refractivity contribution is 5.91. The number of anilines is 2. The van der Waals surface area contributed by atoms with Gasteiger partial charge < -0.3 is 20.3 Å². The van der Waals surface area contributed by atoms with Gasteiger partial charge in [-0.15, -0.1) is 0 Å². The van der Waals surface area contributed by atoms with E-state index in [-0.39, 0.29) is 12.5 Å². The van der Waals surface area contributed by atoms with E-state index in [1.165, 1.54) is 7.11 Å². The number of hydrogen-bond donors (Lipinski definition) is 1. The first-order valence-electron chi connectivity index (χ1n) is 10.8. The number of ether oxygens (including phenoxy) is 1. The lowest BCUT2D eigenvalue weighted by Crippen LogP contribution is -2.49. The van der Waals surface area contributed by atoms with Gasteiger partial charge in [0, 0.05) is 81.2 Å². The van der Waals surface area contributed by atoms with E-state index in [1.54, 1.807) is 15.4 Å². The molecule has 0 aromatic carbocycles. The second-order valence-corrected chi connectivity index (χ2v) is 8.14. The second kappa shape index (κ2) is 8.55. The minimum Gasteiger partial charge on any atom is -0.396 e. The normalized spacial score (nSPS) is 14.2. The third-order valence-electron chi connectivity index (χ3n) is 5.96. The summed E-state index contributed by atoms with van der Waals surface area (Å²) in [5.74, 6) is 0.912. The lowest BCUT2D eigenvalue weighted by atomic mass is 10.0. The van der Waals surface area contributed by atoms with Gasteiger partial charge in [0.2, 0.25) is 5.91 Å². The number of aryl methyl sites for hydroxylation is 1. The molecular weight excluding hydrogens is 420 g/mol. The molecule has 10 nitrogen and oxygen atoms in total. The summed E-state index contributed by atoms with van der Waals surface area (Å²) in [6, 6.07) is 6.17. The fourth-order valence-corrected chi connectivity index (χ4v) is 4.23. The third-order valence-corrected chi connectivity index (χ3v) is 5.96. The van der Waals surface area contributed by atoms with Crippen LogP contribution in [0, 0.1) is 0 Å². The monoisotopic (exact) mass is 446 g/mol. The Bertz CT molecular complexity index is 1290. The number of methoxy groups -OCH3 is 1. The van der Waals surface area contributed by atoms with Crippen molar-refractivity contribution in [3.05, 3.63) is 49.2 Å². The summed E-state index contributed by atoms with van der Waals surface area (Å²) in [7, 11) is 3.43. The predicted octanol–water partition coefficient (Wildman–Crippen LogP) is 1.67. The Balaban J connectivity index is 1.42. The summed E-state index contributed by atoms with van der Waals surface area (Å²) in [6.07, 6.45) is 9.29. The van der Waals surface area contributed by atoms with E-state index in [2.05, 4.69) is 27.2 Å². The number of nitrogen functional groups attached to an aromatic ring is 1. The van der Waals surface area contributed by atoms with E-state index < -0.39 is 0 Å². The molecule has 0 unspecified atom stereocenters. The van der Waals surface area contributed by atoms with Crippen molar-refractivity contribution in [3.63, 3.8) is 0 Å². The van der Waals surface area contributed by atoms with Crippen molar-refractivity contribution >= 4 is 22.9 Å². The van der Waals surface area contributed by atoms with Crippen LogP contribution in [0.3, 0.4) is 0 Å². The molecule has 170 valence electrons. The van der Waals surface area contributed by atoms with E-state index in [4.69, 9.17) is 15.5 Å². The first kappa shape index (κ1) is 21.0. The Morgan fingerprint density at radius 2 is 1.85 bits per heavy atom. The first-order valence-corrected chi connectivity index (χ1v) is 10.8. The summed E-state index contributed by atoms with van der Waals surface area (Å²) in [4.78, 5) is 20.8. The summed E-state index contributed by atoms with van der Waals surface area (Å²) in [6.45, 7) is 2.91. The summed E-state index contributed by atoms with van der Waals surface area (Å²) >= 11 is 0. The molecule has 5 heterocycles. The maximum atomic E-state index is 12.0. The quantitative estimate of drug-likeness (QED) is 0.497. The van der Waals surface area contributed by atoms with Crippen LogP contribution in [-0.4, -0.2) is 75.1 Å². The van der Waals surface area contributed by atoms with Crippen LogP contribution in [0.5, 0.6) is 0 Å². The highest BCUT2D eigenvalue weighted by Gasteiger charge is 2.22. The van der Waals surface area contributed by atoms with Gasteiger partial charge in [0.25, 0.3) is 0 Å². The maximum Gasteiger partial charge on any atom is 0.248 e. The first-order chi connectivity index (χ1) is 16.0. The molecule has 0 radical (unpaired) electrons. The van der Waals surface area contributed by atoms with Gasteiger partial charge in [0.15, 0.2) is 0 Å². The summed E-state index contributed by atoms with van der Waals surface area (Å²) in [5, 5.41) is 8.70. The van der Waals surface area contributed by atoms with E-state index in [0.29, 0.717) is 18.8 Å². The van der Waals surface area contributed by atoms with Gasteiger partial charge in [0.1, 0.15) is 12.4 Å². The highest BCUT2D eigenvalue weighted by Crippen LogP contribution is 2.33. The molecule has 0 spiro atoms. The molecule has 0 atom stereocenters. The fourth-order valence-electron chi connectivity index (χ4n) is 4.23. The van der Waals surface area contributed by atoms with Gasteiger partial charge >= 0.3 is 0 Å². The van der Waals surface area contributed by atoms with Gasteiger partial charge in [-0.25, -0.2) is 9.50 Å². The Hall–Kier alpha value is -3.92. The zero-order valence-electron chi connectivity index (χ0n) is 18.7. The van der Waals surface area contributed by atoms with Crippen molar-refractivity contribution < 1.29 is 9.53 Å². The van der Waals surface area contributed by atoms with Crippen molar-refractivity contribution in [1.29, 1.82) is 0 Å². The van der Waals surface area contributed by atoms with Crippen LogP contribution in [-0.2, 0) is 16.6 Å². The lowest BCUT2D eigenvalue weighted by Gasteiger charge is -2.35. The van der Waals surface area contributed by atoms with Crippen LogP contribution < -0.4 is 10.6 Å². The number of carbonyl (C=O) groups excluding carboxylic acids is 1. The molecule has 4 aromatic heterocycles. The highest BCUT2D eigenvalue weighted by atomic mass is 16.5. The van der Waals surface area contributed by atoms with Gasteiger partial charge in [-0.05, 0) is 18.2 Å². The third kappa shape index (κ3) is 4.00. The van der Waals surface area contributed by atoms with Gasteiger partial charge in [0.05, 0.1) is 23.6 Å². The van der Waals surface area contributed by atoms with Crippen molar-refractivity contribution in [2.75, 3.05) is 50.5 Å². The number of fused-ring (bicyclic) bond motifs is 1. The molecular formula is C23H26N8O2. The Morgan fingerprint density at radius 3 is 2.52 bits per heavy atom. The van der Waals surface area contributed by atoms with Crippen LogP contribution >= 0.6 is 0 Å². The topological polar surface area (TPSA) is 107 Å². The number of carbonyl (C=O) groups is 1. The number of rotatable bonds is 5. The van der Waals surface area contributed by atoms with E-state index in [1.807, 2.05) is 42.8 Å². The predicted molar refractivity (Wildman–Crippen MR) is 126 cm³/mol. The van der Waals surface area contributed by atoms with Gasteiger partial charge in [-0.2, -0.15) is 10.2 Å². The Kier molecular flexibility index (Phi) is 5.43. The number of nitrogens with two attached hydrogens (primary N) is 1. The van der Waals surface area contributed by atoms with Gasteiger partial charge in [-0.1, -0.05) is 0 Å². The average molecular weight is 447 g/mol. The summed E-state index contributed by atoms with van der Waals surface area (Å²) in [5.41, 5.74) is 11.6. The molecule has 1 aliphatic rings. The van der Waals surface area contributed by atoms with Crippen LogP contribution in [0.25, 0.3) is 27.8 Å². The number of nitrogens with zero attached hydrogens (tertiary/aromatic N) is 7. The maximum absolute atomic E-state index is 12.0. The number of amides is 1. The standard InChI is InChI=1S/C23H26N8O2/c1-28-13-18(11-26-28)17-9-19(23-20(24)12-27-31(23)14-17)16-3-4-21(25-10-16)29-5-7-30(8-6-29)22(32)15-33-2/h3-4,9-14H,5-8,15,24H2,1-2H3. The molecule has 0 bridgehead atoms. The molecule has 1 amide bonds. The second-order valence-electron chi connectivity index (χ2n) is 8.14. The van der Waals surface area contributed by atoms with Crippen molar-refractivity contribution in [1.82, 2.24) is 29.3 Å². The molecule has 33 heavy (non-hydrogen) atoms. The fraction of sp³-hybridized carbons (Fsp3) is 0.304. The number of hydrogen-bond acceptors (Lipinski definition) is 7. The average Bonchev–Trinajstić information content (AvgIpc) is 3.44. The van der Waals surface area contributed by atoms with Crippen molar-refractivity contribution in [3.8, 4) is 22.3 Å². The van der Waals surface area contributed by atoms with E-state index >= 15 is 0 Å².